The lowest BCUT2D eigenvalue weighted by Gasteiger charge is -2.29. The van der Waals surface area contributed by atoms with Crippen LogP contribution in [0.5, 0.6) is 0 Å². The van der Waals surface area contributed by atoms with E-state index in [1.165, 1.54) is 0 Å². The van der Waals surface area contributed by atoms with Crippen LogP contribution in [0.1, 0.15) is 29.0 Å². The molecule has 2 heterocycles. The molecule has 0 bridgehead atoms. The number of rotatable bonds is 4. The van der Waals surface area contributed by atoms with Crippen molar-refractivity contribution in [2.75, 3.05) is 13.1 Å². The predicted molar refractivity (Wildman–Crippen MR) is 84.9 cm³/mol. The highest BCUT2D eigenvalue weighted by molar-refractivity contribution is 5.95. The highest BCUT2D eigenvalue weighted by atomic mass is 16.4. The molecule has 0 saturated carbocycles. The Kier molecular flexibility index (Phi) is 4.64. The Morgan fingerprint density at radius 3 is 2.70 bits per heavy atom. The lowest BCUT2D eigenvalue weighted by Crippen LogP contribution is -2.38. The van der Waals surface area contributed by atoms with E-state index < -0.39 is 5.97 Å². The monoisotopic (exact) mass is 313 g/mol. The second-order valence-electron chi connectivity index (χ2n) is 5.77. The van der Waals surface area contributed by atoms with Crippen LogP contribution >= 0.6 is 0 Å². The molecule has 1 fully saturated rings. The number of nitrogens with zero attached hydrogens (tertiary/aromatic N) is 3. The fourth-order valence-corrected chi connectivity index (χ4v) is 2.87. The van der Waals surface area contributed by atoms with Gasteiger partial charge in [-0.25, -0.2) is 14.8 Å². The number of aliphatic hydroxyl groups is 1. The highest BCUT2D eigenvalue weighted by Gasteiger charge is 2.18. The molecule has 2 aromatic rings. The predicted octanol–water partition coefficient (Wildman–Crippen LogP) is 1.80. The molecule has 1 aromatic heterocycles. The van der Waals surface area contributed by atoms with Crippen molar-refractivity contribution < 1.29 is 15.0 Å². The second-order valence-corrected chi connectivity index (χ2v) is 5.77. The van der Waals surface area contributed by atoms with Gasteiger partial charge in [0.2, 0.25) is 0 Å². The third-order valence-electron chi connectivity index (χ3n) is 4.02. The van der Waals surface area contributed by atoms with Crippen LogP contribution < -0.4 is 0 Å². The lowest BCUT2D eigenvalue weighted by atomic mass is 10.0. The number of likely N-dealkylation sites (tertiary alicyclic amines) is 1. The van der Waals surface area contributed by atoms with E-state index in [0.29, 0.717) is 30.0 Å². The molecule has 6 heteroatoms. The molecule has 2 N–H and O–H groups in total. The van der Waals surface area contributed by atoms with Gasteiger partial charge in [-0.15, -0.1) is 0 Å². The van der Waals surface area contributed by atoms with Crippen LogP contribution in [0.15, 0.2) is 36.7 Å². The maximum atomic E-state index is 11.3. The number of carboxylic acids is 1. The van der Waals surface area contributed by atoms with Crippen LogP contribution in [0.2, 0.25) is 0 Å². The van der Waals surface area contributed by atoms with E-state index in [4.69, 9.17) is 0 Å². The molecule has 0 amide bonds. The summed E-state index contributed by atoms with van der Waals surface area (Å²) < 4.78 is 0. The third-order valence-corrected chi connectivity index (χ3v) is 4.02. The molecule has 1 unspecified atom stereocenters. The first-order valence-electron chi connectivity index (χ1n) is 7.67. The number of piperidine rings is 1. The Morgan fingerprint density at radius 1 is 1.26 bits per heavy atom. The Hall–Kier alpha value is -2.31. The van der Waals surface area contributed by atoms with E-state index in [2.05, 4.69) is 14.9 Å². The molecule has 1 aromatic carbocycles. The molecule has 6 nitrogen and oxygen atoms in total. The maximum Gasteiger partial charge on any atom is 0.336 e. The van der Waals surface area contributed by atoms with Crippen LogP contribution in [0.25, 0.3) is 11.1 Å². The number of hydrogen-bond acceptors (Lipinski definition) is 5. The quantitative estimate of drug-likeness (QED) is 0.895. The van der Waals surface area contributed by atoms with Gasteiger partial charge in [0.15, 0.2) is 0 Å². The van der Waals surface area contributed by atoms with Crippen LogP contribution in [0, 0.1) is 0 Å². The second kappa shape index (κ2) is 6.85. The molecule has 23 heavy (non-hydrogen) atoms. The molecule has 0 spiro atoms. The zero-order valence-corrected chi connectivity index (χ0v) is 12.7. The van der Waals surface area contributed by atoms with Crippen molar-refractivity contribution in [1.82, 2.24) is 14.9 Å². The van der Waals surface area contributed by atoms with Crippen LogP contribution in [-0.2, 0) is 6.54 Å². The minimum Gasteiger partial charge on any atom is -0.478 e. The average Bonchev–Trinajstić information content (AvgIpc) is 2.55. The number of aromatic carboxylic acids is 1. The summed E-state index contributed by atoms with van der Waals surface area (Å²) in [6, 6.07) is 6.82. The van der Waals surface area contributed by atoms with E-state index in [9.17, 15) is 15.0 Å². The lowest BCUT2D eigenvalue weighted by molar-refractivity contribution is 0.0654. The van der Waals surface area contributed by atoms with Crippen molar-refractivity contribution in [2.45, 2.75) is 25.5 Å². The van der Waals surface area contributed by atoms with Crippen molar-refractivity contribution in [3.63, 3.8) is 0 Å². The molecule has 3 rings (SSSR count). The summed E-state index contributed by atoms with van der Waals surface area (Å²) in [7, 11) is 0. The van der Waals surface area contributed by atoms with Crippen molar-refractivity contribution in [3.05, 3.63) is 48.0 Å². The maximum absolute atomic E-state index is 11.3. The minimum atomic E-state index is -0.966. The van der Waals surface area contributed by atoms with Gasteiger partial charge in [-0.2, -0.15) is 0 Å². The first kappa shape index (κ1) is 15.6. The van der Waals surface area contributed by atoms with Crippen molar-refractivity contribution in [3.8, 4) is 11.1 Å². The normalized spacial score (nSPS) is 18.7. The van der Waals surface area contributed by atoms with Crippen molar-refractivity contribution >= 4 is 5.97 Å². The van der Waals surface area contributed by atoms with Crippen LogP contribution in [0.4, 0.5) is 0 Å². The summed E-state index contributed by atoms with van der Waals surface area (Å²) in [6.45, 7) is 2.18. The highest BCUT2D eigenvalue weighted by Crippen LogP contribution is 2.22. The number of carboxylic acid groups (broad SMARTS) is 1. The fraction of sp³-hybridized carbons (Fsp3) is 0.353. The van der Waals surface area contributed by atoms with E-state index >= 15 is 0 Å². The summed E-state index contributed by atoms with van der Waals surface area (Å²) >= 11 is 0. The van der Waals surface area contributed by atoms with Gasteiger partial charge in [-0.05, 0) is 31.0 Å². The number of benzene rings is 1. The van der Waals surface area contributed by atoms with E-state index in [0.717, 1.165) is 19.4 Å². The number of carbonyl (C=O) groups is 1. The zero-order chi connectivity index (χ0) is 16.2. The Bertz CT molecular complexity index is 688. The van der Waals surface area contributed by atoms with Crippen molar-refractivity contribution in [2.24, 2.45) is 0 Å². The largest absolute Gasteiger partial charge is 0.478 e. The van der Waals surface area contributed by atoms with Gasteiger partial charge >= 0.3 is 5.97 Å². The van der Waals surface area contributed by atoms with Gasteiger partial charge in [-0.3, -0.25) is 4.90 Å². The third kappa shape index (κ3) is 3.72. The number of aromatic nitrogens is 2. The van der Waals surface area contributed by atoms with Crippen molar-refractivity contribution in [1.29, 1.82) is 0 Å². The van der Waals surface area contributed by atoms with E-state index in [1.807, 2.05) is 0 Å². The van der Waals surface area contributed by atoms with Gasteiger partial charge in [0.05, 0.1) is 18.2 Å². The molecular weight excluding hydrogens is 294 g/mol. The molecule has 0 radical (unpaired) electrons. The first-order chi connectivity index (χ1) is 11.1. The SMILES string of the molecule is O=C(O)c1ccccc1-c1cnc(CN2CCCC(O)C2)nc1. The van der Waals surface area contributed by atoms with Gasteiger partial charge < -0.3 is 10.2 Å². The standard InChI is InChI=1S/C17H19N3O3/c21-13-4-3-7-20(10-13)11-16-18-8-12(9-19-16)14-5-1-2-6-15(14)17(22)23/h1-2,5-6,8-9,13,21H,3-4,7,10-11H2,(H,22,23). The van der Waals surface area contributed by atoms with E-state index in [1.54, 1.807) is 36.7 Å². The molecule has 1 atom stereocenters. The minimum absolute atomic E-state index is 0.239. The number of hydrogen-bond donors (Lipinski definition) is 2. The first-order valence-corrected chi connectivity index (χ1v) is 7.67. The molecule has 1 aliphatic rings. The van der Waals surface area contributed by atoms with Gasteiger partial charge in [0.25, 0.3) is 0 Å². The zero-order valence-electron chi connectivity index (χ0n) is 12.7. The Morgan fingerprint density at radius 2 is 2.00 bits per heavy atom. The molecular formula is C17H19N3O3. The van der Waals surface area contributed by atoms with Gasteiger partial charge in [0, 0.05) is 24.5 Å². The van der Waals surface area contributed by atoms with Crippen LogP contribution in [0.3, 0.4) is 0 Å². The Balaban J connectivity index is 1.76. The summed E-state index contributed by atoms with van der Waals surface area (Å²) in [5, 5.41) is 18.9. The number of β-amino-alcohol motifs (C(OH)–C–C–N with tert-alkyl or cyclic N) is 1. The molecule has 1 aliphatic heterocycles. The molecule has 1 saturated heterocycles. The van der Waals surface area contributed by atoms with Gasteiger partial charge in [-0.1, -0.05) is 18.2 Å². The Labute approximate surface area is 134 Å². The van der Waals surface area contributed by atoms with Crippen LogP contribution in [-0.4, -0.2) is 50.2 Å². The topological polar surface area (TPSA) is 86.5 Å². The fourth-order valence-electron chi connectivity index (χ4n) is 2.87. The summed E-state index contributed by atoms with van der Waals surface area (Å²) in [4.78, 5) is 22.1. The van der Waals surface area contributed by atoms with E-state index in [-0.39, 0.29) is 11.7 Å². The van der Waals surface area contributed by atoms with Gasteiger partial charge in [0.1, 0.15) is 5.82 Å². The summed E-state index contributed by atoms with van der Waals surface area (Å²) in [6.07, 6.45) is 4.87. The molecule has 120 valence electrons. The smallest absolute Gasteiger partial charge is 0.336 e. The number of aliphatic hydroxyl groups excluding tert-OH is 1. The summed E-state index contributed by atoms with van der Waals surface area (Å²) in [5.41, 5.74) is 1.54. The summed E-state index contributed by atoms with van der Waals surface area (Å²) in [5.74, 6) is -0.289. The average molecular weight is 313 g/mol. The molecule has 0 aliphatic carbocycles.